The molecule has 3 atom stereocenters. The zero-order chi connectivity index (χ0) is 22.1. The number of hydrogen-bond acceptors (Lipinski definition) is 7. The van der Waals surface area contributed by atoms with Crippen LogP contribution in [-0.4, -0.2) is 59.2 Å². The molecule has 9 nitrogen and oxygen atoms in total. The van der Waals surface area contributed by atoms with Crippen LogP contribution >= 0.6 is 11.8 Å². The lowest BCUT2D eigenvalue weighted by Crippen LogP contribution is -2.63. The van der Waals surface area contributed by atoms with E-state index in [2.05, 4.69) is 5.32 Å². The summed E-state index contributed by atoms with van der Waals surface area (Å²) >= 11 is 1.05. The van der Waals surface area contributed by atoms with Crippen molar-refractivity contribution in [2.75, 3.05) is 5.75 Å². The summed E-state index contributed by atoms with van der Waals surface area (Å²) < 4.78 is 25.0. The van der Waals surface area contributed by atoms with Gasteiger partial charge in [-0.15, -0.1) is 0 Å². The van der Waals surface area contributed by atoms with Gasteiger partial charge in [-0.2, -0.15) is 0 Å². The highest BCUT2D eigenvalue weighted by molar-refractivity contribution is 8.05. The standard InChI is InChI=1S/C19H20N2O7S2/c1-11(22)20-7-8-29-15-9-13-16(18(24)21(13)17(15)19(25)26)14(23)10-30(27,28)12-5-3-2-4-6-12/h2-8,13-14,16,23H,9-10H2,1H3,(H,20,22)(H,25,26)/b8-7+/t13-,14+,16-/m1/s1. The van der Waals surface area contributed by atoms with E-state index in [0.29, 0.717) is 4.91 Å². The van der Waals surface area contributed by atoms with E-state index in [-0.39, 0.29) is 22.9 Å². The summed E-state index contributed by atoms with van der Waals surface area (Å²) in [6.45, 7) is 1.33. The number of carboxylic acids is 1. The Morgan fingerprint density at radius 1 is 1.33 bits per heavy atom. The molecule has 0 aliphatic carbocycles. The zero-order valence-corrected chi connectivity index (χ0v) is 17.5. The number of carboxylic acid groups (broad SMARTS) is 1. The minimum absolute atomic E-state index is 0.0443. The Morgan fingerprint density at radius 3 is 2.60 bits per heavy atom. The van der Waals surface area contributed by atoms with Crippen LogP contribution in [-0.2, 0) is 24.2 Å². The molecule has 0 radical (unpaired) electrons. The quantitative estimate of drug-likeness (QED) is 0.489. The predicted molar refractivity (Wildman–Crippen MR) is 108 cm³/mol. The predicted octanol–water partition coefficient (Wildman–Crippen LogP) is 0.689. The number of carbonyl (C=O) groups is 3. The Labute approximate surface area is 177 Å². The van der Waals surface area contributed by atoms with Gasteiger partial charge in [0.1, 0.15) is 5.70 Å². The van der Waals surface area contributed by atoms with E-state index in [1.54, 1.807) is 18.2 Å². The number of thioether (sulfide) groups is 1. The first kappa shape index (κ1) is 22.1. The van der Waals surface area contributed by atoms with Crippen LogP contribution in [0.15, 0.2) is 57.4 Å². The fourth-order valence-corrected chi connectivity index (χ4v) is 5.84. The maximum Gasteiger partial charge on any atom is 0.353 e. The van der Waals surface area contributed by atoms with Gasteiger partial charge in [-0.3, -0.25) is 9.59 Å². The van der Waals surface area contributed by atoms with Gasteiger partial charge in [0.25, 0.3) is 0 Å². The van der Waals surface area contributed by atoms with E-state index in [4.69, 9.17) is 0 Å². The van der Waals surface area contributed by atoms with Crippen molar-refractivity contribution in [1.82, 2.24) is 10.2 Å². The number of carbonyl (C=O) groups excluding carboxylic acids is 2. The molecule has 3 rings (SSSR count). The van der Waals surface area contributed by atoms with E-state index >= 15 is 0 Å². The summed E-state index contributed by atoms with van der Waals surface area (Å²) in [6.07, 6.45) is 0.0730. The number of hydrogen-bond donors (Lipinski definition) is 3. The fraction of sp³-hybridized carbons (Fsp3) is 0.316. The van der Waals surface area contributed by atoms with Crippen LogP contribution in [0.4, 0.5) is 0 Å². The number of amides is 2. The molecule has 3 N–H and O–H groups in total. The monoisotopic (exact) mass is 452 g/mol. The van der Waals surface area contributed by atoms with Crippen molar-refractivity contribution in [3.8, 4) is 0 Å². The molecule has 11 heteroatoms. The lowest BCUT2D eigenvalue weighted by atomic mass is 9.83. The van der Waals surface area contributed by atoms with Crippen LogP contribution in [0.2, 0.25) is 0 Å². The first-order chi connectivity index (χ1) is 14.1. The van der Waals surface area contributed by atoms with Crippen LogP contribution in [0.25, 0.3) is 0 Å². The number of aliphatic hydroxyl groups is 1. The maximum absolute atomic E-state index is 12.6. The Kier molecular flexibility index (Phi) is 6.34. The molecule has 160 valence electrons. The van der Waals surface area contributed by atoms with Crippen LogP contribution in [0.3, 0.4) is 0 Å². The third-order valence-corrected chi connectivity index (χ3v) is 7.53. The van der Waals surface area contributed by atoms with Crippen molar-refractivity contribution < 1.29 is 33.0 Å². The summed E-state index contributed by atoms with van der Waals surface area (Å²) in [7, 11) is -3.81. The van der Waals surface area contributed by atoms with Gasteiger partial charge in [-0.1, -0.05) is 30.0 Å². The number of sulfone groups is 1. The van der Waals surface area contributed by atoms with E-state index in [1.165, 1.54) is 30.7 Å². The number of fused-ring (bicyclic) bond motifs is 1. The van der Waals surface area contributed by atoms with Crippen LogP contribution in [0.1, 0.15) is 13.3 Å². The largest absolute Gasteiger partial charge is 0.477 e. The average molecular weight is 453 g/mol. The van der Waals surface area contributed by atoms with E-state index in [9.17, 15) is 33.0 Å². The summed E-state index contributed by atoms with van der Waals surface area (Å²) in [5, 5.41) is 23.9. The molecule has 2 aliphatic heterocycles. The molecule has 0 bridgehead atoms. The minimum atomic E-state index is -3.81. The first-order valence-electron chi connectivity index (χ1n) is 8.97. The van der Waals surface area contributed by atoms with Gasteiger partial charge in [0.05, 0.1) is 28.7 Å². The van der Waals surface area contributed by atoms with Gasteiger partial charge in [-0.05, 0) is 17.5 Å². The molecule has 1 aromatic carbocycles. The molecule has 30 heavy (non-hydrogen) atoms. The number of nitrogens with one attached hydrogen (secondary N) is 1. The van der Waals surface area contributed by atoms with Crippen molar-refractivity contribution in [2.24, 2.45) is 5.92 Å². The lowest BCUT2D eigenvalue weighted by Gasteiger charge is -2.45. The van der Waals surface area contributed by atoms with Crippen LogP contribution in [0, 0.1) is 5.92 Å². The maximum atomic E-state index is 12.6. The first-order valence-corrected chi connectivity index (χ1v) is 11.5. The molecule has 1 aromatic rings. The van der Waals surface area contributed by atoms with Gasteiger partial charge >= 0.3 is 5.97 Å². The third kappa shape index (κ3) is 4.27. The number of β-lactam (4-membered cyclic amide) rings is 1. The molecular formula is C19H20N2O7S2. The molecule has 2 amide bonds. The topological polar surface area (TPSA) is 141 Å². The molecular weight excluding hydrogens is 432 g/mol. The number of aliphatic hydroxyl groups excluding tert-OH is 1. The minimum Gasteiger partial charge on any atom is -0.477 e. The smallest absolute Gasteiger partial charge is 0.353 e. The Balaban J connectivity index is 1.73. The molecule has 1 saturated heterocycles. The van der Waals surface area contributed by atoms with Gasteiger partial charge in [0, 0.05) is 24.4 Å². The molecule has 0 aromatic heterocycles. The fourth-order valence-electron chi connectivity index (χ4n) is 3.55. The van der Waals surface area contributed by atoms with Gasteiger partial charge in [0.2, 0.25) is 11.8 Å². The number of nitrogens with zero attached hydrogens (tertiary/aromatic N) is 1. The van der Waals surface area contributed by atoms with E-state index < -0.39 is 45.5 Å². The van der Waals surface area contributed by atoms with Crippen LogP contribution < -0.4 is 5.32 Å². The summed E-state index contributed by atoms with van der Waals surface area (Å²) in [6, 6.07) is 6.99. The highest BCUT2D eigenvalue weighted by Crippen LogP contribution is 2.47. The van der Waals surface area contributed by atoms with Gasteiger partial charge in [0.15, 0.2) is 9.84 Å². The Morgan fingerprint density at radius 2 is 2.00 bits per heavy atom. The van der Waals surface area contributed by atoms with Gasteiger partial charge < -0.3 is 20.4 Å². The van der Waals surface area contributed by atoms with Crippen molar-refractivity contribution in [2.45, 2.75) is 30.4 Å². The van der Waals surface area contributed by atoms with E-state index in [1.807, 2.05) is 0 Å². The molecule has 0 spiro atoms. The molecule has 0 saturated carbocycles. The van der Waals surface area contributed by atoms with Crippen molar-refractivity contribution in [3.05, 3.63) is 52.5 Å². The summed E-state index contributed by atoms with van der Waals surface area (Å²) in [4.78, 5) is 36.7. The molecule has 1 fully saturated rings. The normalized spacial score (nSPS) is 22.1. The number of rotatable bonds is 8. The molecule has 2 aliphatic rings. The highest BCUT2D eigenvalue weighted by atomic mass is 32.2. The van der Waals surface area contributed by atoms with E-state index in [0.717, 1.165) is 16.7 Å². The third-order valence-electron chi connectivity index (χ3n) is 4.84. The second-order valence-electron chi connectivity index (χ2n) is 6.87. The van der Waals surface area contributed by atoms with Crippen molar-refractivity contribution in [1.29, 1.82) is 0 Å². The Hall–Kier alpha value is -2.63. The van der Waals surface area contributed by atoms with Gasteiger partial charge in [-0.25, -0.2) is 13.2 Å². The second-order valence-corrected chi connectivity index (χ2v) is 9.90. The highest BCUT2D eigenvalue weighted by Gasteiger charge is 2.58. The second kappa shape index (κ2) is 8.62. The zero-order valence-electron chi connectivity index (χ0n) is 15.9. The SMILES string of the molecule is CC(=O)N/C=C/SC1=C(C(=O)O)N2C(=O)[C@@H]([C@@H](O)CS(=O)(=O)c3ccccc3)[C@H]2C1. The summed E-state index contributed by atoms with van der Waals surface area (Å²) in [5.41, 5.74) is -0.183. The van der Waals surface area contributed by atoms with Crippen molar-refractivity contribution >= 4 is 39.4 Å². The summed E-state index contributed by atoms with van der Waals surface area (Å²) in [5.74, 6) is -3.83. The molecule has 2 heterocycles. The number of aliphatic carboxylic acids is 1. The molecule has 0 unspecified atom stereocenters. The Bertz CT molecular complexity index is 1030. The van der Waals surface area contributed by atoms with Crippen molar-refractivity contribution in [3.63, 3.8) is 0 Å². The number of benzene rings is 1. The average Bonchev–Trinajstić information content (AvgIpc) is 3.00. The lowest BCUT2D eigenvalue weighted by molar-refractivity contribution is -0.160. The van der Waals surface area contributed by atoms with Crippen LogP contribution in [0.5, 0.6) is 0 Å².